The average molecular weight is 350 g/mol. The van der Waals surface area contributed by atoms with E-state index < -0.39 is 0 Å². The van der Waals surface area contributed by atoms with Gasteiger partial charge in [-0.3, -0.25) is 4.79 Å². The van der Waals surface area contributed by atoms with Gasteiger partial charge in [0.05, 0.1) is 12.2 Å². The van der Waals surface area contributed by atoms with E-state index in [9.17, 15) is 4.79 Å². The van der Waals surface area contributed by atoms with Gasteiger partial charge in [0.25, 0.3) is 0 Å². The summed E-state index contributed by atoms with van der Waals surface area (Å²) in [6, 6.07) is 10.1. The van der Waals surface area contributed by atoms with Crippen LogP contribution in [0.3, 0.4) is 0 Å². The number of likely N-dealkylation sites (N-methyl/N-ethyl adjacent to an activating group) is 1. The van der Waals surface area contributed by atoms with Crippen molar-refractivity contribution in [2.45, 2.75) is 31.1 Å². The molecule has 2 heterocycles. The Morgan fingerprint density at radius 2 is 2.04 bits per heavy atom. The molecule has 0 radical (unpaired) electrons. The number of rotatable bonds is 3. The number of piperidine rings is 1. The van der Waals surface area contributed by atoms with E-state index >= 15 is 0 Å². The third-order valence-electron chi connectivity index (χ3n) is 5.65. The van der Waals surface area contributed by atoms with Gasteiger partial charge in [-0.1, -0.05) is 30.3 Å². The summed E-state index contributed by atoms with van der Waals surface area (Å²) in [7, 11) is 3.89. The molecule has 0 saturated carbocycles. The molecule has 1 aromatic heterocycles. The third-order valence-corrected chi connectivity index (χ3v) is 5.65. The first-order valence-corrected chi connectivity index (χ1v) is 9.42. The zero-order chi connectivity index (χ0) is 18.1. The maximum atomic E-state index is 12.6. The lowest BCUT2D eigenvalue weighted by molar-refractivity contribution is -0.134. The zero-order valence-electron chi connectivity index (χ0n) is 15.6. The van der Waals surface area contributed by atoms with Crippen LogP contribution in [0.1, 0.15) is 30.5 Å². The highest BCUT2D eigenvalue weighted by molar-refractivity contribution is 5.78. The minimum Gasteiger partial charge on any atom is -0.341 e. The molecule has 1 spiro atoms. The second-order valence-electron chi connectivity index (χ2n) is 7.87. The number of hydrogen-bond acceptors (Lipinski definition) is 4. The minimum atomic E-state index is 0.00201. The Morgan fingerprint density at radius 1 is 1.23 bits per heavy atom. The van der Waals surface area contributed by atoms with Gasteiger partial charge in [-0.15, -0.1) is 0 Å². The molecule has 136 valence electrons. The number of carbonyl (C=O) groups is 1. The van der Waals surface area contributed by atoms with Gasteiger partial charge in [0, 0.05) is 30.3 Å². The van der Waals surface area contributed by atoms with Gasteiger partial charge >= 0.3 is 0 Å². The topological polar surface area (TPSA) is 49.3 Å². The van der Waals surface area contributed by atoms with E-state index in [2.05, 4.69) is 17.1 Å². The van der Waals surface area contributed by atoms with Crippen LogP contribution in [0.4, 0.5) is 0 Å². The third kappa shape index (κ3) is 3.12. The molecule has 1 amide bonds. The highest BCUT2D eigenvalue weighted by Crippen LogP contribution is 2.44. The van der Waals surface area contributed by atoms with Crippen LogP contribution < -0.4 is 0 Å². The molecule has 1 unspecified atom stereocenters. The standard InChI is InChI=1S/C21H26N4O/c1-24(2)14-18(26)25-12-6-10-21(15-25)11-9-17-13-22-20(23-19(17)21)16-7-4-3-5-8-16/h3-5,7-8,13H,6,9-12,14-15H2,1-2H3. The van der Waals surface area contributed by atoms with Gasteiger partial charge in [-0.2, -0.15) is 0 Å². The van der Waals surface area contributed by atoms with Gasteiger partial charge < -0.3 is 9.80 Å². The van der Waals surface area contributed by atoms with Crippen LogP contribution in [-0.4, -0.2) is 59.4 Å². The van der Waals surface area contributed by atoms with Crippen LogP contribution in [0, 0.1) is 0 Å². The molecule has 0 bridgehead atoms. The molecule has 2 aromatic rings. The average Bonchev–Trinajstić information content (AvgIpc) is 2.99. The lowest BCUT2D eigenvalue weighted by Crippen LogP contribution is -2.50. The van der Waals surface area contributed by atoms with E-state index in [1.165, 1.54) is 11.3 Å². The van der Waals surface area contributed by atoms with E-state index in [-0.39, 0.29) is 11.3 Å². The summed E-state index contributed by atoms with van der Waals surface area (Å²) in [4.78, 5) is 26.2. The Hall–Kier alpha value is -2.27. The molecule has 1 aliphatic carbocycles. The molecule has 0 N–H and O–H groups in total. The number of benzene rings is 1. The molecule has 5 heteroatoms. The quantitative estimate of drug-likeness (QED) is 0.853. The maximum Gasteiger partial charge on any atom is 0.236 e. The van der Waals surface area contributed by atoms with E-state index in [4.69, 9.17) is 4.98 Å². The normalized spacial score (nSPS) is 22.0. The lowest BCUT2D eigenvalue weighted by atomic mass is 9.77. The second kappa shape index (κ2) is 6.80. The monoisotopic (exact) mass is 350 g/mol. The second-order valence-corrected chi connectivity index (χ2v) is 7.87. The molecule has 1 aliphatic heterocycles. The Bertz CT molecular complexity index is 801. The number of aromatic nitrogens is 2. The first-order valence-electron chi connectivity index (χ1n) is 9.42. The number of amides is 1. The van der Waals surface area contributed by atoms with Crippen molar-refractivity contribution in [1.82, 2.24) is 19.8 Å². The number of fused-ring (bicyclic) bond motifs is 2. The summed E-state index contributed by atoms with van der Waals surface area (Å²) in [5, 5.41) is 0. The van der Waals surface area contributed by atoms with Crippen molar-refractivity contribution >= 4 is 5.91 Å². The number of carbonyl (C=O) groups excluding carboxylic acids is 1. The number of hydrogen-bond donors (Lipinski definition) is 0. The molecule has 1 saturated heterocycles. The fourth-order valence-electron chi connectivity index (χ4n) is 4.38. The Labute approximate surface area is 155 Å². The highest BCUT2D eigenvalue weighted by atomic mass is 16.2. The molecule has 1 aromatic carbocycles. The first kappa shape index (κ1) is 17.2. The van der Waals surface area contributed by atoms with Crippen LogP contribution in [0.25, 0.3) is 11.4 Å². The molecular weight excluding hydrogens is 324 g/mol. The van der Waals surface area contributed by atoms with Crippen LogP contribution in [0.2, 0.25) is 0 Å². The van der Waals surface area contributed by atoms with Crippen LogP contribution >= 0.6 is 0 Å². The van der Waals surface area contributed by atoms with E-state index in [0.29, 0.717) is 6.54 Å². The predicted octanol–water partition coefficient (Wildman–Crippen LogP) is 2.51. The summed E-state index contributed by atoms with van der Waals surface area (Å²) >= 11 is 0. The Morgan fingerprint density at radius 3 is 2.81 bits per heavy atom. The number of aryl methyl sites for hydroxylation is 1. The van der Waals surface area contributed by atoms with E-state index in [1.807, 2.05) is 48.3 Å². The van der Waals surface area contributed by atoms with Crippen molar-refractivity contribution in [2.24, 2.45) is 0 Å². The predicted molar refractivity (Wildman–Crippen MR) is 102 cm³/mol. The summed E-state index contributed by atoms with van der Waals surface area (Å²) in [6.45, 7) is 2.13. The van der Waals surface area contributed by atoms with Crippen LogP contribution in [0.5, 0.6) is 0 Å². The summed E-state index contributed by atoms with van der Waals surface area (Å²) in [5.74, 6) is 1.02. The maximum absolute atomic E-state index is 12.6. The van der Waals surface area contributed by atoms with Crippen LogP contribution in [0.15, 0.2) is 36.5 Å². The van der Waals surface area contributed by atoms with Crippen molar-refractivity contribution in [3.05, 3.63) is 47.8 Å². The molecule has 2 aliphatic rings. The zero-order valence-corrected chi connectivity index (χ0v) is 15.6. The van der Waals surface area contributed by atoms with Crippen molar-refractivity contribution < 1.29 is 4.79 Å². The number of nitrogens with zero attached hydrogens (tertiary/aromatic N) is 4. The summed E-state index contributed by atoms with van der Waals surface area (Å²) in [6.07, 6.45) is 6.24. The van der Waals surface area contributed by atoms with Crippen LogP contribution in [-0.2, 0) is 16.6 Å². The fourth-order valence-corrected chi connectivity index (χ4v) is 4.38. The molecule has 4 rings (SSSR count). The molecule has 5 nitrogen and oxygen atoms in total. The Kier molecular flexibility index (Phi) is 4.49. The number of likely N-dealkylation sites (tertiary alicyclic amines) is 1. The molecular formula is C21H26N4O. The Balaban J connectivity index is 1.64. The summed E-state index contributed by atoms with van der Waals surface area (Å²) in [5.41, 5.74) is 3.48. The van der Waals surface area contributed by atoms with Gasteiger partial charge in [-0.05, 0) is 45.3 Å². The fraction of sp³-hybridized carbons (Fsp3) is 0.476. The van der Waals surface area contributed by atoms with Gasteiger partial charge in [0.1, 0.15) is 0 Å². The molecule has 26 heavy (non-hydrogen) atoms. The highest BCUT2D eigenvalue weighted by Gasteiger charge is 2.44. The SMILES string of the molecule is CN(C)CC(=O)N1CCCC2(CCc3cnc(-c4ccccc4)nc32)C1. The lowest BCUT2D eigenvalue weighted by Gasteiger charge is -2.41. The largest absolute Gasteiger partial charge is 0.341 e. The first-order chi connectivity index (χ1) is 12.6. The molecule has 1 fully saturated rings. The minimum absolute atomic E-state index is 0.00201. The van der Waals surface area contributed by atoms with E-state index in [1.54, 1.807) is 0 Å². The van der Waals surface area contributed by atoms with Gasteiger partial charge in [0.2, 0.25) is 5.91 Å². The van der Waals surface area contributed by atoms with Crippen molar-refractivity contribution in [2.75, 3.05) is 33.7 Å². The molecule has 1 atom stereocenters. The van der Waals surface area contributed by atoms with Gasteiger partial charge in [-0.25, -0.2) is 9.97 Å². The summed E-state index contributed by atoms with van der Waals surface area (Å²) < 4.78 is 0. The van der Waals surface area contributed by atoms with Gasteiger partial charge in [0.15, 0.2) is 5.82 Å². The van der Waals surface area contributed by atoms with Crippen molar-refractivity contribution in [1.29, 1.82) is 0 Å². The smallest absolute Gasteiger partial charge is 0.236 e. The van der Waals surface area contributed by atoms with Crippen molar-refractivity contribution in [3.63, 3.8) is 0 Å². The van der Waals surface area contributed by atoms with E-state index in [0.717, 1.165) is 50.2 Å². The van der Waals surface area contributed by atoms with Crippen molar-refractivity contribution in [3.8, 4) is 11.4 Å².